The number of amidine groups is 1. The van der Waals surface area contributed by atoms with E-state index in [1.54, 1.807) is 24.3 Å². The van der Waals surface area contributed by atoms with E-state index in [1.165, 1.54) is 18.9 Å². The van der Waals surface area contributed by atoms with Crippen molar-refractivity contribution in [3.05, 3.63) is 29.8 Å². The van der Waals surface area contributed by atoms with Gasteiger partial charge >= 0.3 is 5.97 Å². The van der Waals surface area contributed by atoms with E-state index in [2.05, 4.69) is 4.40 Å². The van der Waals surface area contributed by atoms with Crippen molar-refractivity contribution < 1.29 is 23.1 Å². The summed E-state index contributed by atoms with van der Waals surface area (Å²) >= 11 is 0. The highest BCUT2D eigenvalue weighted by Crippen LogP contribution is 2.30. The standard InChI is InChI=1S/C17H21N3O5S/c1-11(17(22)23)19(2)16(21)12-7-9-20(10-8-12)15-13-5-3-4-6-14(13)26(24,25)18-15/h3-6,11-12H,7-10H2,1-2H3,(H,22,23). The molecule has 2 aliphatic rings. The lowest BCUT2D eigenvalue weighted by atomic mass is 9.94. The number of benzene rings is 1. The first-order chi connectivity index (χ1) is 12.2. The number of carbonyl (C=O) groups is 2. The molecule has 1 aromatic rings. The average Bonchev–Trinajstić information content (AvgIpc) is 2.91. The zero-order valence-corrected chi connectivity index (χ0v) is 15.4. The second-order valence-electron chi connectivity index (χ2n) is 6.61. The molecule has 0 bridgehead atoms. The van der Waals surface area contributed by atoms with E-state index in [0.29, 0.717) is 37.3 Å². The molecule has 0 aliphatic carbocycles. The number of hydrogen-bond acceptors (Lipinski definition) is 5. The van der Waals surface area contributed by atoms with Gasteiger partial charge in [-0.15, -0.1) is 4.40 Å². The minimum Gasteiger partial charge on any atom is -0.480 e. The fraction of sp³-hybridized carbons (Fsp3) is 0.471. The largest absolute Gasteiger partial charge is 0.480 e. The van der Waals surface area contributed by atoms with Crippen molar-refractivity contribution in [3.63, 3.8) is 0 Å². The molecule has 1 aromatic carbocycles. The van der Waals surface area contributed by atoms with E-state index in [1.807, 2.05) is 4.90 Å². The Kier molecular flexibility index (Phi) is 4.74. The predicted molar refractivity (Wildman–Crippen MR) is 94.3 cm³/mol. The third kappa shape index (κ3) is 3.18. The smallest absolute Gasteiger partial charge is 0.326 e. The molecule has 9 heteroatoms. The number of likely N-dealkylation sites (N-methyl/N-ethyl adjacent to an activating group) is 1. The minimum atomic E-state index is -3.66. The van der Waals surface area contributed by atoms with Crippen LogP contribution in [0.3, 0.4) is 0 Å². The highest BCUT2D eigenvalue weighted by molar-refractivity contribution is 7.90. The molecule has 3 rings (SSSR count). The Morgan fingerprint density at radius 2 is 1.88 bits per heavy atom. The third-order valence-corrected chi connectivity index (χ3v) is 6.37. The summed E-state index contributed by atoms with van der Waals surface area (Å²) in [6.07, 6.45) is 1.05. The van der Waals surface area contributed by atoms with Gasteiger partial charge in [-0.1, -0.05) is 12.1 Å². The highest BCUT2D eigenvalue weighted by atomic mass is 32.2. The molecular weight excluding hydrogens is 358 g/mol. The van der Waals surface area contributed by atoms with Crippen LogP contribution < -0.4 is 0 Å². The Morgan fingerprint density at radius 3 is 2.50 bits per heavy atom. The summed E-state index contributed by atoms with van der Waals surface area (Å²) in [7, 11) is -2.16. The van der Waals surface area contributed by atoms with Crippen molar-refractivity contribution >= 4 is 27.7 Å². The maximum absolute atomic E-state index is 12.5. The average molecular weight is 379 g/mol. The number of piperidine rings is 1. The fourth-order valence-corrected chi connectivity index (χ4v) is 4.53. The van der Waals surface area contributed by atoms with E-state index in [0.717, 1.165) is 0 Å². The normalized spacial score (nSPS) is 20.2. The number of sulfonamides is 1. The molecule has 2 aliphatic heterocycles. The predicted octanol–water partition coefficient (Wildman–Crippen LogP) is 0.779. The van der Waals surface area contributed by atoms with Gasteiger partial charge in [0.25, 0.3) is 10.0 Å². The lowest BCUT2D eigenvalue weighted by Crippen LogP contribution is -2.47. The van der Waals surface area contributed by atoms with Crippen LogP contribution in [0, 0.1) is 5.92 Å². The first-order valence-corrected chi connectivity index (χ1v) is 9.85. The minimum absolute atomic E-state index is 0.194. The zero-order valence-electron chi connectivity index (χ0n) is 14.6. The Bertz CT molecular complexity index is 872. The van der Waals surface area contributed by atoms with E-state index < -0.39 is 22.0 Å². The summed E-state index contributed by atoms with van der Waals surface area (Å²) in [6, 6.07) is 5.84. The molecule has 1 N–H and O–H groups in total. The van der Waals surface area contributed by atoms with Crippen molar-refractivity contribution in [2.24, 2.45) is 10.3 Å². The summed E-state index contributed by atoms with van der Waals surface area (Å²) in [5.74, 6) is -1.08. The molecule has 0 radical (unpaired) electrons. The van der Waals surface area contributed by atoms with E-state index in [4.69, 9.17) is 5.11 Å². The molecule has 26 heavy (non-hydrogen) atoms. The van der Waals surface area contributed by atoms with Crippen LogP contribution in [-0.2, 0) is 19.6 Å². The molecule has 8 nitrogen and oxygen atoms in total. The van der Waals surface area contributed by atoms with Gasteiger partial charge in [0.05, 0.1) is 0 Å². The van der Waals surface area contributed by atoms with Crippen LogP contribution in [0.5, 0.6) is 0 Å². The zero-order chi connectivity index (χ0) is 19.1. The van der Waals surface area contributed by atoms with Crippen molar-refractivity contribution in [3.8, 4) is 0 Å². The van der Waals surface area contributed by atoms with Crippen molar-refractivity contribution in [1.29, 1.82) is 0 Å². The Balaban J connectivity index is 1.70. The number of fused-ring (bicyclic) bond motifs is 1. The van der Waals surface area contributed by atoms with Gasteiger partial charge in [-0.25, -0.2) is 4.79 Å². The van der Waals surface area contributed by atoms with Gasteiger partial charge < -0.3 is 14.9 Å². The molecule has 1 amide bonds. The van der Waals surface area contributed by atoms with E-state index >= 15 is 0 Å². The molecule has 0 saturated carbocycles. The highest BCUT2D eigenvalue weighted by Gasteiger charge is 2.36. The first-order valence-electron chi connectivity index (χ1n) is 8.41. The van der Waals surface area contributed by atoms with E-state index in [9.17, 15) is 18.0 Å². The SMILES string of the molecule is CC(C(=O)O)N(C)C(=O)C1CCN(C2=NS(=O)(=O)c3ccccc32)CC1. The lowest BCUT2D eigenvalue weighted by molar-refractivity contribution is -0.150. The van der Waals surface area contributed by atoms with Gasteiger partial charge in [0.1, 0.15) is 10.9 Å². The van der Waals surface area contributed by atoms with Gasteiger partial charge in [-0.05, 0) is 31.9 Å². The number of likely N-dealkylation sites (tertiary alicyclic amines) is 1. The van der Waals surface area contributed by atoms with Crippen LogP contribution in [0.25, 0.3) is 0 Å². The Labute approximate surface area is 152 Å². The number of carboxylic acid groups (broad SMARTS) is 1. The lowest BCUT2D eigenvalue weighted by Gasteiger charge is -2.35. The Morgan fingerprint density at radius 1 is 1.27 bits per heavy atom. The van der Waals surface area contributed by atoms with Crippen molar-refractivity contribution in [1.82, 2.24) is 9.80 Å². The topological polar surface area (TPSA) is 107 Å². The summed E-state index contributed by atoms with van der Waals surface area (Å²) in [5, 5.41) is 9.05. The van der Waals surface area contributed by atoms with Gasteiger partial charge in [-0.2, -0.15) is 8.42 Å². The van der Waals surface area contributed by atoms with Crippen LogP contribution >= 0.6 is 0 Å². The molecule has 2 heterocycles. The monoisotopic (exact) mass is 379 g/mol. The van der Waals surface area contributed by atoms with Crippen LogP contribution in [0.2, 0.25) is 0 Å². The number of carbonyl (C=O) groups excluding carboxylic acids is 1. The molecule has 140 valence electrons. The van der Waals surface area contributed by atoms with Gasteiger partial charge in [0.15, 0.2) is 5.84 Å². The summed E-state index contributed by atoms with van der Waals surface area (Å²) in [6.45, 7) is 2.47. The van der Waals surface area contributed by atoms with Crippen LogP contribution in [-0.4, -0.2) is 67.2 Å². The summed E-state index contributed by atoms with van der Waals surface area (Å²) in [4.78, 5) is 26.9. The number of amides is 1. The molecule has 1 saturated heterocycles. The molecule has 1 fully saturated rings. The maximum Gasteiger partial charge on any atom is 0.326 e. The van der Waals surface area contributed by atoms with Gasteiger partial charge in [0.2, 0.25) is 5.91 Å². The van der Waals surface area contributed by atoms with E-state index in [-0.39, 0.29) is 16.7 Å². The van der Waals surface area contributed by atoms with Crippen LogP contribution in [0.4, 0.5) is 0 Å². The van der Waals surface area contributed by atoms with Crippen LogP contribution in [0.15, 0.2) is 33.6 Å². The second kappa shape index (κ2) is 6.71. The number of hydrogen-bond donors (Lipinski definition) is 1. The number of rotatable bonds is 3. The fourth-order valence-electron chi connectivity index (χ4n) is 3.30. The van der Waals surface area contributed by atoms with Crippen molar-refractivity contribution in [2.75, 3.05) is 20.1 Å². The third-order valence-electron chi connectivity index (χ3n) is 5.04. The maximum atomic E-state index is 12.5. The van der Waals surface area contributed by atoms with Crippen molar-refractivity contribution in [2.45, 2.75) is 30.7 Å². The first kappa shape index (κ1) is 18.4. The van der Waals surface area contributed by atoms with Gasteiger partial charge in [0, 0.05) is 31.6 Å². The number of carboxylic acids is 1. The molecule has 1 atom stereocenters. The van der Waals surface area contributed by atoms with Crippen LogP contribution in [0.1, 0.15) is 25.3 Å². The molecule has 0 spiro atoms. The summed E-state index contributed by atoms with van der Waals surface area (Å²) < 4.78 is 28.3. The quantitative estimate of drug-likeness (QED) is 0.832. The molecule has 1 unspecified atom stereocenters. The van der Waals surface area contributed by atoms with Gasteiger partial charge in [-0.3, -0.25) is 4.79 Å². The number of aliphatic carboxylic acids is 1. The molecular formula is C17H21N3O5S. The molecule has 0 aromatic heterocycles. The number of nitrogens with zero attached hydrogens (tertiary/aromatic N) is 3. The summed E-state index contributed by atoms with van der Waals surface area (Å²) in [5.41, 5.74) is 0.592. The second-order valence-corrected chi connectivity index (χ2v) is 8.18. The Hall–Kier alpha value is -2.42.